The SMILES string of the molecule is NCCc1cc(-c2ccccc2O)ccc1Br. The second-order valence-corrected chi connectivity index (χ2v) is 4.72. The van der Waals surface area contributed by atoms with Crippen LogP contribution in [0.3, 0.4) is 0 Å². The van der Waals surface area contributed by atoms with Crippen LogP contribution in [0.5, 0.6) is 5.75 Å². The van der Waals surface area contributed by atoms with Crippen molar-refractivity contribution in [2.45, 2.75) is 6.42 Å². The second kappa shape index (κ2) is 5.34. The van der Waals surface area contributed by atoms with Crippen LogP contribution in [0.1, 0.15) is 5.56 Å². The fourth-order valence-corrected chi connectivity index (χ4v) is 2.25. The Hall–Kier alpha value is -1.32. The largest absolute Gasteiger partial charge is 0.507 e. The summed E-state index contributed by atoms with van der Waals surface area (Å²) in [5, 5.41) is 9.82. The lowest BCUT2D eigenvalue weighted by Crippen LogP contribution is -2.03. The van der Waals surface area contributed by atoms with Gasteiger partial charge in [-0.15, -0.1) is 0 Å². The lowest BCUT2D eigenvalue weighted by Gasteiger charge is -2.08. The third kappa shape index (κ3) is 2.68. The maximum Gasteiger partial charge on any atom is 0.123 e. The molecule has 0 radical (unpaired) electrons. The van der Waals surface area contributed by atoms with Gasteiger partial charge in [-0.1, -0.05) is 40.2 Å². The molecule has 0 aliphatic rings. The molecule has 2 aromatic rings. The summed E-state index contributed by atoms with van der Waals surface area (Å²) in [6, 6.07) is 13.4. The standard InChI is InChI=1S/C14H14BrNO/c15-13-6-5-10(9-11(13)7-8-16)12-3-1-2-4-14(12)17/h1-6,9,17H,7-8,16H2. The van der Waals surface area contributed by atoms with Crippen LogP contribution in [0.15, 0.2) is 46.9 Å². The number of para-hydroxylation sites is 1. The summed E-state index contributed by atoms with van der Waals surface area (Å²) < 4.78 is 1.06. The summed E-state index contributed by atoms with van der Waals surface area (Å²) in [5.74, 6) is 0.300. The minimum Gasteiger partial charge on any atom is -0.507 e. The van der Waals surface area contributed by atoms with Gasteiger partial charge in [-0.05, 0) is 42.3 Å². The maximum absolute atomic E-state index is 9.82. The first-order valence-electron chi connectivity index (χ1n) is 5.49. The molecule has 3 heteroatoms. The quantitative estimate of drug-likeness (QED) is 0.911. The molecule has 0 saturated carbocycles. The number of nitrogens with two attached hydrogens (primary N) is 1. The van der Waals surface area contributed by atoms with Crippen molar-refractivity contribution in [2.24, 2.45) is 5.73 Å². The van der Waals surface area contributed by atoms with Crippen molar-refractivity contribution >= 4 is 15.9 Å². The van der Waals surface area contributed by atoms with Crippen LogP contribution in [0.25, 0.3) is 11.1 Å². The van der Waals surface area contributed by atoms with Crippen LogP contribution in [0, 0.1) is 0 Å². The number of halogens is 1. The minimum absolute atomic E-state index is 0.300. The van der Waals surface area contributed by atoms with E-state index in [1.54, 1.807) is 6.07 Å². The van der Waals surface area contributed by atoms with Gasteiger partial charge in [0.25, 0.3) is 0 Å². The lowest BCUT2D eigenvalue weighted by atomic mass is 10.0. The van der Waals surface area contributed by atoms with E-state index in [0.717, 1.165) is 27.6 Å². The van der Waals surface area contributed by atoms with Crippen LogP contribution in [-0.2, 0) is 6.42 Å². The monoisotopic (exact) mass is 291 g/mol. The van der Waals surface area contributed by atoms with Gasteiger partial charge in [-0.3, -0.25) is 0 Å². The van der Waals surface area contributed by atoms with E-state index in [0.29, 0.717) is 12.3 Å². The van der Waals surface area contributed by atoms with Crippen LogP contribution < -0.4 is 5.73 Å². The molecule has 3 N–H and O–H groups in total. The fraction of sp³-hybridized carbons (Fsp3) is 0.143. The van der Waals surface area contributed by atoms with Gasteiger partial charge in [0.2, 0.25) is 0 Å². The Bertz CT molecular complexity index is 525. The van der Waals surface area contributed by atoms with Crippen LogP contribution in [0.2, 0.25) is 0 Å². The predicted octanol–water partition coefficient (Wildman–Crippen LogP) is 3.32. The highest BCUT2D eigenvalue weighted by Crippen LogP contribution is 2.31. The van der Waals surface area contributed by atoms with Gasteiger partial charge in [0.15, 0.2) is 0 Å². The van der Waals surface area contributed by atoms with E-state index < -0.39 is 0 Å². The number of rotatable bonds is 3. The molecule has 88 valence electrons. The van der Waals surface area contributed by atoms with Crippen molar-refractivity contribution in [3.8, 4) is 16.9 Å². The van der Waals surface area contributed by atoms with Crippen LogP contribution in [-0.4, -0.2) is 11.7 Å². The molecule has 2 nitrogen and oxygen atoms in total. The molecule has 0 fully saturated rings. The normalized spacial score (nSPS) is 10.5. The van der Waals surface area contributed by atoms with Gasteiger partial charge in [-0.25, -0.2) is 0 Å². The minimum atomic E-state index is 0.300. The molecule has 0 aliphatic heterocycles. The average Bonchev–Trinajstić information content (AvgIpc) is 2.33. The number of benzene rings is 2. The Morgan fingerprint density at radius 2 is 1.88 bits per heavy atom. The fourth-order valence-electron chi connectivity index (χ4n) is 1.81. The van der Waals surface area contributed by atoms with Gasteiger partial charge in [0, 0.05) is 10.0 Å². The molecule has 0 saturated heterocycles. The predicted molar refractivity (Wildman–Crippen MR) is 74.0 cm³/mol. The van der Waals surface area contributed by atoms with Gasteiger partial charge in [0.05, 0.1) is 0 Å². The van der Waals surface area contributed by atoms with Crippen molar-refractivity contribution in [1.82, 2.24) is 0 Å². The first-order valence-corrected chi connectivity index (χ1v) is 6.28. The first kappa shape index (κ1) is 12.1. The molecule has 0 bridgehead atoms. The summed E-state index contributed by atoms with van der Waals surface area (Å²) in [7, 11) is 0. The number of phenolic OH excluding ortho intramolecular Hbond substituents is 1. The highest BCUT2D eigenvalue weighted by atomic mass is 79.9. The van der Waals surface area contributed by atoms with E-state index in [1.807, 2.05) is 30.3 Å². The number of aromatic hydroxyl groups is 1. The molecule has 2 rings (SSSR count). The molecule has 2 aromatic carbocycles. The Balaban J connectivity index is 2.46. The maximum atomic E-state index is 9.82. The van der Waals surface area contributed by atoms with E-state index in [1.165, 1.54) is 0 Å². The summed E-state index contributed by atoms with van der Waals surface area (Å²) in [5.41, 5.74) is 8.59. The van der Waals surface area contributed by atoms with E-state index in [4.69, 9.17) is 5.73 Å². The third-order valence-corrected chi connectivity index (χ3v) is 3.45. The van der Waals surface area contributed by atoms with E-state index in [2.05, 4.69) is 22.0 Å². The number of phenols is 1. The van der Waals surface area contributed by atoms with Crippen molar-refractivity contribution < 1.29 is 5.11 Å². The van der Waals surface area contributed by atoms with Crippen molar-refractivity contribution in [1.29, 1.82) is 0 Å². The Labute approximate surface area is 109 Å². The lowest BCUT2D eigenvalue weighted by molar-refractivity contribution is 0.477. The molecule has 0 aromatic heterocycles. The molecule has 17 heavy (non-hydrogen) atoms. The highest BCUT2D eigenvalue weighted by Gasteiger charge is 2.06. The molecule has 0 unspecified atom stereocenters. The van der Waals surface area contributed by atoms with Gasteiger partial charge in [0.1, 0.15) is 5.75 Å². The Morgan fingerprint density at radius 3 is 2.59 bits per heavy atom. The summed E-state index contributed by atoms with van der Waals surface area (Å²) in [6.45, 7) is 0.614. The van der Waals surface area contributed by atoms with Crippen molar-refractivity contribution in [3.63, 3.8) is 0 Å². The molecule has 0 amide bonds. The number of hydrogen-bond acceptors (Lipinski definition) is 2. The zero-order chi connectivity index (χ0) is 12.3. The summed E-state index contributed by atoms with van der Waals surface area (Å²) in [4.78, 5) is 0. The topological polar surface area (TPSA) is 46.2 Å². The summed E-state index contributed by atoms with van der Waals surface area (Å²) >= 11 is 3.50. The molecule has 0 heterocycles. The van der Waals surface area contributed by atoms with Gasteiger partial charge >= 0.3 is 0 Å². The molecule has 0 atom stereocenters. The number of hydrogen-bond donors (Lipinski definition) is 2. The van der Waals surface area contributed by atoms with Crippen molar-refractivity contribution in [2.75, 3.05) is 6.54 Å². The van der Waals surface area contributed by atoms with E-state index in [-0.39, 0.29) is 0 Å². The zero-order valence-electron chi connectivity index (χ0n) is 9.36. The molecular formula is C14H14BrNO. The first-order chi connectivity index (χ1) is 8.22. The smallest absolute Gasteiger partial charge is 0.123 e. The van der Waals surface area contributed by atoms with Gasteiger partial charge in [-0.2, -0.15) is 0 Å². The second-order valence-electron chi connectivity index (χ2n) is 3.86. The zero-order valence-corrected chi connectivity index (χ0v) is 10.9. The van der Waals surface area contributed by atoms with Crippen LogP contribution in [0.4, 0.5) is 0 Å². The third-order valence-electron chi connectivity index (χ3n) is 2.67. The van der Waals surface area contributed by atoms with E-state index in [9.17, 15) is 5.11 Å². The van der Waals surface area contributed by atoms with E-state index >= 15 is 0 Å². The average molecular weight is 292 g/mol. The van der Waals surface area contributed by atoms with Crippen LogP contribution >= 0.6 is 15.9 Å². The Morgan fingerprint density at radius 1 is 1.12 bits per heavy atom. The summed E-state index contributed by atoms with van der Waals surface area (Å²) in [6.07, 6.45) is 0.821. The molecular weight excluding hydrogens is 278 g/mol. The van der Waals surface area contributed by atoms with Crippen molar-refractivity contribution in [3.05, 3.63) is 52.5 Å². The highest BCUT2D eigenvalue weighted by molar-refractivity contribution is 9.10. The molecule has 0 aliphatic carbocycles. The molecule has 0 spiro atoms. The van der Waals surface area contributed by atoms with Gasteiger partial charge < -0.3 is 10.8 Å². The Kier molecular flexibility index (Phi) is 3.82.